The molecule has 9 nitrogen and oxygen atoms in total. The maximum Gasteiger partial charge on any atom is 0.336 e. The highest BCUT2D eigenvalue weighted by atomic mass is 16.5. The average molecular weight is 382 g/mol. The summed E-state index contributed by atoms with van der Waals surface area (Å²) in [4.78, 5) is 53.1. The van der Waals surface area contributed by atoms with E-state index >= 15 is 0 Å². The molecule has 9 heteroatoms. The maximum atomic E-state index is 12.7. The molecule has 0 saturated heterocycles. The molecule has 1 rings (SSSR count). The maximum absolute atomic E-state index is 12.7. The Morgan fingerprint density at radius 2 is 1.70 bits per heavy atom. The minimum Gasteiger partial charge on any atom is -0.468 e. The van der Waals surface area contributed by atoms with Gasteiger partial charge in [0.15, 0.2) is 6.61 Å². The number of hydrogen-bond acceptors (Lipinski definition) is 8. The van der Waals surface area contributed by atoms with Crippen LogP contribution in [0.15, 0.2) is 16.3 Å². The SMILES string of the molecule is CC[C@@H](C)NC(=O)COC(=O)[C@@H]1C(C(=O)OC)=C(C)N=C(C)C1C(=O)OC. The minimum absolute atomic E-state index is 0.0733. The van der Waals surface area contributed by atoms with E-state index in [-0.39, 0.29) is 17.3 Å². The number of rotatable bonds is 7. The molecule has 0 saturated carbocycles. The van der Waals surface area contributed by atoms with Crippen molar-refractivity contribution in [2.75, 3.05) is 20.8 Å². The zero-order chi connectivity index (χ0) is 20.7. The molecule has 0 aromatic carbocycles. The van der Waals surface area contributed by atoms with Crippen molar-refractivity contribution in [1.82, 2.24) is 5.32 Å². The van der Waals surface area contributed by atoms with Gasteiger partial charge in [0.25, 0.3) is 5.91 Å². The second-order valence-electron chi connectivity index (χ2n) is 6.21. The number of allylic oxidation sites excluding steroid dienone is 1. The van der Waals surface area contributed by atoms with Gasteiger partial charge in [-0.1, -0.05) is 6.92 Å². The summed E-state index contributed by atoms with van der Waals surface area (Å²) in [5, 5.41) is 2.66. The van der Waals surface area contributed by atoms with Gasteiger partial charge in [-0.25, -0.2) is 4.79 Å². The molecule has 1 heterocycles. The van der Waals surface area contributed by atoms with E-state index in [4.69, 9.17) is 14.2 Å². The highest BCUT2D eigenvalue weighted by Crippen LogP contribution is 2.33. The van der Waals surface area contributed by atoms with Gasteiger partial charge in [-0.2, -0.15) is 0 Å². The second kappa shape index (κ2) is 9.84. The van der Waals surface area contributed by atoms with Gasteiger partial charge in [-0.3, -0.25) is 19.4 Å². The molecule has 3 atom stereocenters. The van der Waals surface area contributed by atoms with E-state index in [2.05, 4.69) is 10.3 Å². The van der Waals surface area contributed by atoms with Crippen molar-refractivity contribution in [2.45, 2.75) is 40.2 Å². The molecule has 0 aliphatic carbocycles. The van der Waals surface area contributed by atoms with E-state index in [0.29, 0.717) is 5.71 Å². The molecule has 0 bridgehead atoms. The predicted octanol–water partition coefficient (Wildman–Crippen LogP) is 0.771. The van der Waals surface area contributed by atoms with Crippen LogP contribution in [0.5, 0.6) is 0 Å². The molecule has 0 radical (unpaired) electrons. The van der Waals surface area contributed by atoms with E-state index in [1.807, 2.05) is 13.8 Å². The Hall–Kier alpha value is -2.71. The number of methoxy groups -OCH3 is 2. The highest BCUT2D eigenvalue weighted by Gasteiger charge is 2.46. The first-order valence-corrected chi connectivity index (χ1v) is 8.55. The molecule has 1 aliphatic heterocycles. The molecule has 1 unspecified atom stereocenters. The van der Waals surface area contributed by atoms with Crippen LogP contribution in [0.2, 0.25) is 0 Å². The van der Waals surface area contributed by atoms with E-state index in [0.717, 1.165) is 13.5 Å². The van der Waals surface area contributed by atoms with Crippen molar-refractivity contribution >= 4 is 29.5 Å². The zero-order valence-corrected chi connectivity index (χ0v) is 16.5. The van der Waals surface area contributed by atoms with Crippen LogP contribution in [0.4, 0.5) is 0 Å². The summed E-state index contributed by atoms with van der Waals surface area (Å²) < 4.78 is 14.6. The molecule has 27 heavy (non-hydrogen) atoms. The van der Waals surface area contributed by atoms with Gasteiger partial charge in [-0.15, -0.1) is 0 Å². The molecule has 0 aromatic rings. The van der Waals surface area contributed by atoms with Crippen LogP contribution in [0.1, 0.15) is 34.1 Å². The Balaban J connectivity index is 3.13. The topological polar surface area (TPSA) is 120 Å². The number of aliphatic imine (C=N–C) groups is 1. The molecular weight excluding hydrogens is 356 g/mol. The number of nitrogens with zero attached hydrogens (tertiary/aromatic N) is 1. The van der Waals surface area contributed by atoms with E-state index in [1.54, 1.807) is 6.92 Å². The van der Waals surface area contributed by atoms with Gasteiger partial charge in [0.1, 0.15) is 11.8 Å². The number of ether oxygens (including phenoxy) is 3. The van der Waals surface area contributed by atoms with Crippen molar-refractivity contribution in [1.29, 1.82) is 0 Å². The number of carbonyl (C=O) groups is 4. The summed E-state index contributed by atoms with van der Waals surface area (Å²) in [6.45, 7) is 6.26. The predicted molar refractivity (Wildman–Crippen MR) is 95.7 cm³/mol. The van der Waals surface area contributed by atoms with Crippen LogP contribution in [0.3, 0.4) is 0 Å². The molecule has 1 aliphatic rings. The first kappa shape index (κ1) is 22.3. The third kappa shape index (κ3) is 5.38. The Kier molecular flexibility index (Phi) is 8.14. The Morgan fingerprint density at radius 1 is 1.07 bits per heavy atom. The molecule has 0 spiro atoms. The van der Waals surface area contributed by atoms with Gasteiger partial charge < -0.3 is 19.5 Å². The van der Waals surface area contributed by atoms with E-state index in [1.165, 1.54) is 14.0 Å². The number of carbonyl (C=O) groups excluding carboxylic acids is 4. The van der Waals surface area contributed by atoms with Gasteiger partial charge in [0.05, 0.1) is 19.8 Å². The summed E-state index contributed by atoms with van der Waals surface area (Å²) in [7, 11) is 2.32. The van der Waals surface area contributed by atoms with Crippen LogP contribution in [-0.4, -0.2) is 56.4 Å². The number of esters is 3. The number of nitrogens with one attached hydrogen (secondary N) is 1. The fraction of sp³-hybridized carbons (Fsp3) is 0.611. The molecule has 0 fully saturated rings. The van der Waals surface area contributed by atoms with Gasteiger partial charge >= 0.3 is 17.9 Å². The number of hydrogen-bond donors (Lipinski definition) is 1. The highest BCUT2D eigenvalue weighted by molar-refractivity contribution is 6.10. The largest absolute Gasteiger partial charge is 0.468 e. The molecular formula is C18H26N2O7. The Labute approximate surface area is 158 Å². The van der Waals surface area contributed by atoms with E-state index < -0.39 is 42.3 Å². The second-order valence-corrected chi connectivity index (χ2v) is 6.21. The van der Waals surface area contributed by atoms with Crippen LogP contribution < -0.4 is 5.32 Å². The smallest absolute Gasteiger partial charge is 0.336 e. The Bertz CT molecular complexity index is 681. The molecule has 150 valence electrons. The lowest BCUT2D eigenvalue weighted by atomic mass is 9.80. The summed E-state index contributed by atoms with van der Waals surface area (Å²) in [5.41, 5.74) is 0.453. The standard InChI is InChI=1S/C18H26N2O7/c1-7-9(2)19-12(21)8-27-18(24)15-13(16(22)25-5)10(3)20-11(4)14(15)17(23)26-6/h9,13,15H,7-8H2,1-6H3,(H,19,21)/t9-,13?,15+/m1/s1. The van der Waals surface area contributed by atoms with Crippen molar-refractivity contribution in [3.8, 4) is 0 Å². The summed E-state index contributed by atoms with van der Waals surface area (Å²) in [6.07, 6.45) is 0.719. The number of amides is 1. The first-order chi connectivity index (χ1) is 12.7. The molecule has 1 amide bonds. The van der Waals surface area contributed by atoms with Gasteiger partial charge in [-0.05, 0) is 27.2 Å². The van der Waals surface area contributed by atoms with Crippen molar-refractivity contribution in [3.63, 3.8) is 0 Å². The van der Waals surface area contributed by atoms with Crippen LogP contribution in [0, 0.1) is 11.8 Å². The average Bonchev–Trinajstić information content (AvgIpc) is 2.64. The minimum atomic E-state index is -1.31. The van der Waals surface area contributed by atoms with E-state index in [9.17, 15) is 19.2 Å². The first-order valence-electron chi connectivity index (χ1n) is 8.55. The van der Waals surface area contributed by atoms with Crippen molar-refractivity contribution < 1.29 is 33.4 Å². The lowest BCUT2D eigenvalue weighted by Crippen LogP contribution is -2.43. The molecule has 1 N–H and O–H groups in total. The van der Waals surface area contributed by atoms with Crippen LogP contribution >= 0.6 is 0 Å². The third-order valence-electron chi connectivity index (χ3n) is 4.31. The summed E-state index contributed by atoms with van der Waals surface area (Å²) >= 11 is 0. The van der Waals surface area contributed by atoms with Crippen molar-refractivity contribution in [3.05, 3.63) is 11.3 Å². The quantitative estimate of drug-likeness (QED) is 0.510. The fourth-order valence-electron chi connectivity index (χ4n) is 2.74. The fourth-order valence-corrected chi connectivity index (χ4v) is 2.74. The molecule has 0 aromatic heterocycles. The third-order valence-corrected chi connectivity index (χ3v) is 4.31. The van der Waals surface area contributed by atoms with Gasteiger partial charge in [0, 0.05) is 17.5 Å². The van der Waals surface area contributed by atoms with Crippen molar-refractivity contribution in [2.24, 2.45) is 16.8 Å². The monoisotopic (exact) mass is 382 g/mol. The zero-order valence-electron chi connectivity index (χ0n) is 16.5. The Morgan fingerprint density at radius 3 is 2.22 bits per heavy atom. The van der Waals surface area contributed by atoms with Crippen LogP contribution in [-0.2, 0) is 33.4 Å². The summed E-state index contributed by atoms with van der Waals surface area (Å²) in [5.74, 6) is -5.37. The van der Waals surface area contributed by atoms with Gasteiger partial charge in [0.2, 0.25) is 0 Å². The van der Waals surface area contributed by atoms with Crippen LogP contribution in [0.25, 0.3) is 0 Å². The normalized spacial score (nSPS) is 20.3. The lowest BCUT2D eigenvalue weighted by molar-refractivity contribution is -0.158. The summed E-state index contributed by atoms with van der Waals surface area (Å²) in [6, 6.07) is -0.0733. The lowest BCUT2D eigenvalue weighted by Gasteiger charge is -2.29.